The highest BCUT2D eigenvalue weighted by atomic mass is 35.5. The molecular formula is C16H15ClF3N3O. The van der Waals surface area contributed by atoms with Crippen LogP contribution in [0.25, 0.3) is 0 Å². The van der Waals surface area contributed by atoms with E-state index in [0.29, 0.717) is 13.0 Å². The van der Waals surface area contributed by atoms with Crippen LogP contribution in [0.1, 0.15) is 11.1 Å². The molecule has 4 nitrogen and oxygen atoms in total. The lowest BCUT2D eigenvalue weighted by Crippen LogP contribution is -2.33. The van der Waals surface area contributed by atoms with Gasteiger partial charge in [0.15, 0.2) is 0 Å². The number of halogens is 4. The minimum atomic E-state index is -4.61. The van der Waals surface area contributed by atoms with Gasteiger partial charge in [-0.25, -0.2) is 4.79 Å². The molecule has 0 radical (unpaired) electrons. The van der Waals surface area contributed by atoms with Crippen molar-refractivity contribution >= 4 is 23.3 Å². The molecule has 1 heterocycles. The van der Waals surface area contributed by atoms with Crippen molar-refractivity contribution in [3.8, 4) is 0 Å². The fourth-order valence-corrected chi connectivity index (χ4v) is 2.19. The molecule has 24 heavy (non-hydrogen) atoms. The van der Waals surface area contributed by atoms with E-state index in [-0.39, 0.29) is 10.7 Å². The van der Waals surface area contributed by atoms with E-state index in [2.05, 4.69) is 10.3 Å². The highest BCUT2D eigenvalue weighted by Gasteiger charge is 2.34. The third-order valence-corrected chi connectivity index (χ3v) is 3.60. The number of pyridine rings is 1. The number of rotatable bonds is 4. The molecule has 2 amide bonds. The van der Waals surface area contributed by atoms with Crippen LogP contribution in [0.3, 0.4) is 0 Å². The van der Waals surface area contributed by atoms with Gasteiger partial charge in [0.1, 0.15) is 0 Å². The lowest BCUT2D eigenvalue weighted by atomic mass is 10.1. The van der Waals surface area contributed by atoms with Crippen LogP contribution in [0.15, 0.2) is 42.7 Å². The summed E-state index contributed by atoms with van der Waals surface area (Å²) in [7, 11) is 1.51. The van der Waals surface area contributed by atoms with Crippen molar-refractivity contribution in [1.29, 1.82) is 0 Å². The van der Waals surface area contributed by atoms with Crippen molar-refractivity contribution in [1.82, 2.24) is 9.88 Å². The van der Waals surface area contributed by atoms with E-state index in [1.807, 2.05) is 12.1 Å². The Bertz CT molecular complexity index is 707. The van der Waals surface area contributed by atoms with Crippen molar-refractivity contribution in [3.63, 3.8) is 0 Å². The Balaban J connectivity index is 2.04. The van der Waals surface area contributed by atoms with Gasteiger partial charge in [-0.2, -0.15) is 13.2 Å². The molecule has 2 rings (SSSR count). The third kappa shape index (κ3) is 4.86. The SMILES string of the molecule is CN(CCc1ccncc1)C(=O)Nc1ccc(Cl)cc1C(F)(F)F. The van der Waals surface area contributed by atoms with Gasteiger partial charge in [0.05, 0.1) is 11.3 Å². The fourth-order valence-electron chi connectivity index (χ4n) is 2.02. The molecule has 128 valence electrons. The van der Waals surface area contributed by atoms with Gasteiger partial charge in [-0.15, -0.1) is 0 Å². The number of aromatic nitrogens is 1. The number of alkyl halides is 3. The third-order valence-electron chi connectivity index (χ3n) is 3.36. The molecule has 0 fully saturated rings. The van der Waals surface area contributed by atoms with Crippen LogP contribution in [0.5, 0.6) is 0 Å². The number of nitrogens with one attached hydrogen (secondary N) is 1. The van der Waals surface area contributed by atoms with Crippen LogP contribution in [0.2, 0.25) is 5.02 Å². The second-order valence-corrected chi connectivity index (χ2v) is 5.58. The summed E-state index contributed by atoms with van der Waals surface area (Å²) in [6, 6.07) is 6.22. The zero-order chi connectivity index (χ0) is 17.7. The fraction of sp³-hybridized carbons (Fsp3) is 0.250. The number of carbonyl (C=O) groups is 1. The Labute approximate surface area is 142 Å². The predicted octanol–water partition coefficient (Wildman–Crippen LogP) is 4.46. The molecule has 0 bridgehead atoms. The summed E-state index contributed by atoms with van der Waals surface area (Å²) >= 11 is 5.61. The number of anilines is 1. The van der Waals surface area contributed by atoms with Crippen LogP contribution in [0, 0.1) is 0 Å². The molecule has 1 aromatic heterocycles. The highest BCUT2D eigenvalue weighted by molar-refractivity contribution is 6.30. The Morgan fingerprint density at radius 1 is 1.25 bits per heavy atom. The largest absolute Gasteiger partial charge is 0.418 e. The molecule has 8 heteroatoms. The van der Waals surface area contributed by atoms with Crippen molar-refractivity contribution in [2.75, 3.05) is 18.9 Å². The number of nitrogens with zero attached hydrogens (tertiary/aromatic N) is 2. The monoisotopic (exact) mass is 357 g/mol. The lowest BCUT2D eigenvalue weighted by molar-refractivity contribution is -0.136. The Morgan fingerprint density at radius 2 is 1.92 bits per heavy atom. The molecular weight excluding hydrogens is 343 g/mol. The lowest BCUT2D eigenvalue weighted by Gasteiger charge is -2.20. The Hall–Kier alpha value is -2.28. The van der Waals surface area contributed by atoms with Gasteiger partial charge in [0, 0.05) is 31.0 Å². The predicted molar refractivity (Wildman–Crippen MR) is 86.0 cm³/mol. The molecule has 0 saturated carbocycles. The van der Waals surface area contributed by atoms with Crippen molar-refractivity contribution < 1.29 is 18.0 Å². The van der Waals surface area contributed by atoms with Crippen LogP contribution in [0.4, 0.5) is 23.7 Å². The molecule has 0 aliphatic rings. The minimum Gasteiger partial charge on any atom is -0.327 e. The minimum absolute atomic E-state index is 0.0497. The maximum Gasteiger partial charge on any atom is 0.418 e. The molecule has 0 aliphatic heterocycles. The van der Waals surface area contributed by atoms with Gasteiger partial charge >= 0.3 is 12.2 Å². The van der Waals surface area contributed by atoms with Crippen molar-refractivity contribution in [2.24, 2.45) is 0 Å². The second-order valence-electron chi connectivity index (χ2n) is 5.14. The number of carbonyl (C=O) groups excluding carboxylic acids is 1. The molecule has 1 aromatic carbocycles. The van der Waals surface area contributed by atoms with E-state index in [1.54, 1.807) is 12.4 Å². The molecule has 0 unspecified atom stereocenters. The van der Waals surface area contributed by atoms with Gasteiger partial charge in [0.25, 0.3) is 0 Å². The van der Waals surface area contributed by atoms with Crippen LogP contribution in [-0.4, -0.2) is 29.5 Å². The summed E-state index contributed by atoms with van der Waals surface area (Å²) in [5.41, 5.74) is -0.328. The maximum atomic E-state index is 13.0. The second kappa shape index (κ2) is 7.53. The van der Waals surface area contributed by atoms with Gasteiger partial charge in [-0.05, 0) is 42.3 Å². The molecule has 1 N–H and O–H groups in total. The summed E-state index contributed by atoms with van der Waals surface area (Å²) in [6.45, 7) is 0.352. The first-order valence-corrected chi connectivity index (χ1v) is 7.43. The molecule has 2 aromatic rings. The van der Waals surface area contributed by atoms with E-state index in [9.17, 15) is 18.0 Å². The first-order valence-electron chi connectivity index (χ1n) is 7.05. The quantitative estimate of drug-likeness (QED) is 0.878. The Kier molecular flexibility index (Phi) is 5.66. The molecule has 0 saturated heterocycles. The average molecular weight is 358 g/mol. The normalized spacial score (nSPS) is 11.2. The number of urea groups is 1. The molecule has 0 spiro atoms. The summed E-state index contributed by atoms with van der Waals surface area (Å²) in [4.78, 5) is 17.3. The van der Waals surface area contributed by atoms with E-state index < -0.39 is 17.8 Å². The van der Waals surface area contributed by atoms with Crippen LogP contribution >= 0.6 is 11.6 Å². The van der Waals surface area contributed by atoms with Crippen LogP contribution in [-0.2, 0) is 12.6 Å². The van der Waals surface area contributed by atoms with Crippen LogP contribution < -0.4 is 5.32 Å². The van der Waals surface area contributed by atoms with Gasteiger partial charge in [0.2, 0.25) is 0 Å². The van der Waals surface area contributed by atoms with E-state index >= 15 is 0 Å². The summed E-state index contributed by atoms with van der Waals surface area (Å²) < 4.78 is 39.1. The van der Waals surface area contributed by atoms with Crippen molar-refractivity contribution in [3.05, 3.63) is 58.9 Å². The molecule has 0 aliphatic carbocycles. The number of hydrogen-bond donors (Lipinski definition) is 1. The summed E-state index contributed by atoms with van der Waals surface area (Å²) in [5, 5.41) is 2.23. The summed E-state index contributed by atoms with van der Waals surface area (Å²) in [6.07, 6.45) is -0.764. The van der Waals surface area contributed by atoms with E-state index in [0.717, 1.165) is 17.7 Å². The molecule has 0 atom stereocenters. The highest BCUT2D eigenvalue weighted by Crippen LogP contribution is 2.36. The number of benzene rings is 1. The number of amides is 2. The smallest absolute Gasteiger partial charge is 0.327 e. The van der Waals surface area contributed by atoms with Crippen molar-refractivity contribution in [2.45, 2.75) is 12.6 Å². The van der Waals surface area contributed by atoms with E-state index in [1.165, 1.54) is 18.0 Å². The van der Waals surface area contributed by atoms with Gasteiger partial charge in [-0.1, -0.05) is 11.6 Å². The number of likely N-dealkylation sites (N-methyl/N-ethyl adjacent to an activating group) is 1. The average Bonchev–Trinajstić information content (AvgIpc) is 2.54. The zero-order valence-electron chi connectivity index (χ0n) is 12.8. The number of hydrogen-bond acceptors (Lipinski definition) is 2. The maximum absolute atomic E-state index is 13.0. The first-order chi connectivity index (χ1) is 11.3. The first kappa shape index (κ1) is 18.1. The summed E-state index contributed by atoms with van der Waals surface area (Å²) in [5.74, 6) is 0. The van der Waals surface area contributed by atoms with Gasteiger partial charge < -0.3 is 10.2 Å². The topological polar surface area (TPSA) is 45.2 Å². The zero-order valence-corrected chi connectivity index (χ0v) is 13.5. The van der Waals surface area contributed by atoms with E-state index in [4.69, 9.17) is 11.6 Å². The standard InChI is InChI=1S/C16H15ClF3N3O/c1-23(9-6-11-4-7-21-8-5-11)15(24)22-14-3-2-12(17)10-13(14)16(18,19)20/h2-5,7-8,10H,6,9H2,1H3,(H,22,24). The Morgan fingerprint density at radius 3 is 2.54 bits per heavy atom. The van der Waals surface area contributed by atoms with Gasteiger partial charge in [-0.3, -0.25) is 4.98 Å².